The fourth-order valence-corrected chi connectivity index (χ4v) is 3.40. The van der Waals surface area contributed by atoms with E-state index in [0.717, 1.165) is 55.6 Å². The summed E-state index contributed by atoms with van der Waals surface area (Å²) in [4.78, 5) is 2.42. The van der Waals surface area contributed by atoms with E-state index in [1.165, 1.54) is 31.4 Å². The van der Waals surface area contributed by atoms with Crippen molar-refractivity contribution in [1.29, 1.82) is 0 Å². The van der Waals surface area contributed by atoms with Crippen LogP contribution in [0.1, 0.15) is 42.4 Å². The Morgan fingerprint density at radius 3 is 2.20 bits per heavy atom. The monoisotopic (exact) mass is 363 g/mol. The van der Waals surface area contributed by atoms with Crippen LogP contribution in [0.15, 0.2) is 42.5 Å². The number of nitrogens with zero attached hydrogens (tertiary/aromatic N) is 1. The third kappa shape index (κ3) is 6.02. The lowest BCUT2D eigenvalue weighted by Crippen LogP contribution is -2.29. The molecule has 1 fully saturated rings. The largest absolute Gasteiger partial charge is 0.508 e. The molecule has 1 saturated heterocycles. The number of likely N-dealkylation sites (tertiary alicyclic amines) is 1. The van der Waals surface area contributed by atoms with Crippen LogP contribution in [0.4, 0.5) is 4.39 Å². The van der Waals surface area contributed by atoms with Crippen LogP contribution in [-0.4, -0.2) is 23.1 Å². The van der Waals surface area contributed by atoms with E-state index in [2.05, 4.69) is 17.0 Å². The summed E-state index contributed by atoms with van der Waals surface area (Å²) in [7, 11) is 0. The summed E-state index contributed by atoms with van der Waals surface area (Å²) in [6.45, 7) is 3.12. The predicted octanol–water partition coefficient (Wildman–Crippen LogP) is 5.11. The molecule has 136 valence electrons. The van der Waals surface area contributed by atoms with E-state index >= 15 is 0 Å². The molecule has 1 aliphatic rings. The van der Waals surface area contributed by atoms with Gasteiger partial charge in [0.2, 0.25) is 0 Å². The van der Waals surface area contributed by atoms with Gasteiger partial charge in [-0.15, -0.1) is 12.4 Å². The van der Waals surface area contributed by atoms with Crippen molar-refractivity contribution >= 4 is 12.4 Å². The molecule has 1 N–H and O–H groups in total. The van der Waals surface area contributed by atoms with Gasteiger partial charge < -0.3 is 5.11 Å². The first kappa shape index (κ1) is 19.7. The van der Waals surface area contributed by atoms with Gasteiger partial charge in [0.15, 0.2) is 0 Å². The number of rotatable bonds is 6. The van der Waals surface area contributed by atoms with Gasteiger partial charge in [-0.2, -0.15) is 0 Å². The SMILES string of the molecule is Cl.Oc1cc(CCCc2ccc(F)cc2)ccc1CN1CCCCC1. The number of halogens is 2. The van der Waals surface area contributed by atoms with Gasteiger partial charge in [-0.25, -0.2) is 4.39 Å². The minimum absolute atomic E-state index is 0. The Kier molecular flexibility index (Phi) is 7.73. The first-order valence-electron chi connectivity index (χ1n) is 8.98. The normalized spacial score (nSPS) is 14.9. The molecule has 0 saturated carbocycles. The predicted molar refractivity (Wildman–Crippen MR) is 103 cm³/mol. The molecule has 0 radical (unpaired) electrons. The molecule has 0 amide bonds. The topological polar surface area (TPSA) is 23.5 Å². The quantitative estimate of drug-likeness (QED) is 0.770. The van der Waals surface area contributed by atoms with Crippen LogP contribution in [0, 0.1) is 5.82 Å². The van der Waals surface area contributed by atoms with Crippen LogP contribution >= 0.6 is 12.4 Å². The smallest absolute Gasteiger partial charge is 0.123 e. The van der Waals surface area contributed by atoms with Crippen LogP contribution in [0.25, 0.3) is 0 Å². The summed E-state index contributed by atoms with van der Waals surface area (Å²) < 4.78 is 12.9. The molecule has 4 heteroatoms. The second kappa shape index (κ2) is 9.79. The number of benzene rings is 2. The highest BCUT2D eigenvalue weighted by molar-refractivity contribution is 5.85. The fourth-order valence-electron chi connectivity index (χ4n) is 3.40. The zero-order chi connectivity index (χ0) is 16.8. The van der Waals surface area contributed by atoms with Gasteiger partial charge in [0.1, 0.15) is 11.6 Å². The Hall–Kier alpha value is -1.58. The second-order valence-electron chi connectivity index (χ2n) is 6.78. The van der Waals surface area contributed by atoms with Gasteiger partial charge in [-0.05, 0) is 74.5 Å². The third-order valence-electron chi connectivity index (χ3n) is 4.84. The molecule has 1 aliphatic heterocycles. The van der Waals surface area contributed by atoms with Crippen molar-refractivity contribution in [2.45, 2.75) is 45.1 Å². The zero-order valence-corrected chi connectivity index (χ0v) is 15.4. The van der Waals surface area contributed by atoms with Crippen LogP contribution in [-0.2, 0) is 19.4 Å². The number of phenols is 1. The standard InChI is InChI=1S/C21H26FNO.ClH/c22-20-11-8-17(9-12-20)5-4-6-18-7-10-19(21(24)15-18)16-23-13-2-1-3-14-23;/h7-12,15,24H,1-6,13-14,16H2;1H. The summed E-state index contributed by atoms with van der Waals surface area (Å²) in [6, 6.07) is 12.8. The van der Waals surface area contributed by atoms with Gasteiger partial charge >= 0.3 is 0 Å². The van der Waals surface area contributed by atoms with Crippen molar-refractivity contribution in [2.24, 2.45) is 0 Å². The highest BCUT2D eigenvalue weighted by atomic mass is 35.5. The highest BCUT2D eigenvalue weighted by Crippen LogP contribution is 2.23. The first-order chi connectivity index (χ1) is 11.7. The van der Waals surface area contributed by atoms with Gasteiger partial charge in [0.25, 0.3) is 0 Å². The molecule has 0 unspecified atom stereocenters. The minimum Gasteiger partial charge on any atom is -0.508 e. The third-order valence-corrected chi connectivity index (χ3v) is 4.84. The van der Waals surface area contributed by atoms with Crippen molar-refractivity contribution in [3.05, 3.63) is 65.0 Å². The molecular formula is C21H27ClFNO. The summed E-state index contributed by atoms with van der Waals surface area (Å²) >= 11 is 0. The van der Waals surface area contributed by atoms with Crippen LogP contribution < -0.4 is 0 Å². The molecular weight excluding hydrogens is 337 g/mol. The van der Waals surface area contributed by atoms with Crippen molar-refractivity contribution in [3.63, 3.8) is 0 Å². The van der Waals surface area contributed by atoms with Gasteiger partial charge in [0.05, 0.1) is 0 Å². The van der Waals surface area contributed by atoms with E-state index < -0.39 is 0 Å². The average molecular weight is 364 g/mol. The molecule has 25 heavy (non-hydrogen) atoms. The Morgan fingerprint density at radius 2 is 1.52 bits per heavy atom. The lowest BCUT2D eigenvalue weighted by atomic mass is 10.0. The molecule has 0 aliphatic carbocycles. The van der Waals surface area contributed by atoms with E-state index in [0.29, 0.717) is 5.75 Å². The van der Waals surface area contributed by atoms with E-state index in [-0.39, 0.29) is 18.2 Å². The summed E-state index contributed by atoms with van der Waals surface area (Å²) in [6.07, 6.45) is 6.71. The molecule has 0 spiro atoms. The lowest BCUT2D eigenvalue weighted by Gasteiger charge is -2.26. The Bertz CT molecular complexity index is 653. The molecule has 2 aromatic rings. The summed E-state index contributed by atoms with van der Waals surface area (Å²) in [5, 5.41) is 10.3. The van der Waals surface area contributed by atoms with Crippen molar-refractivity contribution in [2.75, 3.05) is 13.1 Å². The summed E-state index contributed by atoms with van der Waals surface area (Å²) in [5.74, 6) is 0.229. The van der Waals surface area contributed by atoms with Crippen LogP contribution in [0.3, 0.4) is 0 Å². The van der Waals surface area contributed by atoms with Gasteiger partial charge in [-0.1, -0.05) is 30.7 Å². The molecule has 2 nitrogen and oxygen atoms in total. The number of phenolic OH excluding ortho intramolecular Hbond substituents is 1. The molecule has 0 aromatic heterocycles. The van der Waals surface area contributed by atoms with Crippen molar-refractivity contribution < 1.29 is 9.50 Å². The first-order valence-corrected chi connectivity index (χ1v) is 8.98. The van der Waals surface area contributed by atoms with Crippen molar-refractivity contribution in [3.8, 4) is 5.75 Å². The lowest BCUT2D eigenvalue weighted by molar-refractivity contribution is 0.218. The summed E-state index contributed by atoms with van der Waals surface area (Å²) in [5.41, 5.74) is 3.35. The minimum atomic E-state index is -0.187. The Morgan fingerprint density at radius 1 is 0.880 bits per heavy atom. The van der Waals surface area contributed by atoms with Gasteiger partial charge in [0, 0.05) is 12.1 Å². The zero-order valence-electron chi connectivity index (χ0n) is 14.6. The van der Waals surface area contributed by atoms with E-state index in [1.807, 2.05) is 18.2 Å². The number of piperidine rings is 1. The number of hydrogen-bond donors (Lipinski definition) is 1. The van der Waals surface area contributed by atoms with E-state index in [4.69, 9.17) is 0 Å². The molecule has 1 heterocycles. The van der Waals surface area contributed by atoms with Gasteiger partial charge in [-0.3, -0.25) is 4.90 Å². The Labute approximate surface area is 156 Å². The molecule has 0 atom stereocenters. The highest BCUT2D eigenvalue weighted by Gasteiger charge is 2.12. The molecule has 0 bridgehead atoms. The molecule has 2 aromatic carbocycles. The van der Waals surface area contributed by atoms with E-state index in [1.54, 1.807) is 0 Å². The van der Waals surface area contributed by atoms with Crippen LogP contribution in [0.2, 0.25) is 0 Å². The number of hydrogen-bond acceptors (Lipinski definition) is 2. The molecule has 3 rings (SSSR count). The maximum Gasteiger partial charge on any atom is 0.123 e. The average Bonchev–Trinajstić information content (AvgIpc) is 2.60. The van der Waals surface area contributed by atoms with E-state index in [9.17, 15) is 9.50 Å². The fraction of sp³-hybridized carbons (Fsp3) is 0.429. The maximum atomic E-state index is 12.9. The number of aromatic hydroxyl groups is 1. The second-order valence-corrected chi connectivity index (χ2v) is 6.78. The Balaban J connectivity index is 0.00000225. The maximum absolute atomic E-state index is 12.9. The van der Waals surface area contributed by atoms with Crippen LogP contribution in [0.5, 0.6) is 5.75 Å². The number of aryl methyl sites for hydroxylation is 2. The van der Waals surface area contributed by atoms with Crippen molar-refractivity contribution in [1.82, 2.24) is 4.90 Å².